The van der Waals surface area contributed by atoms with E-state index in [9.17, 15) is 18.0 Å². The molecule has 1 heterocycles. The minimum atomic E-state index is -4.77. The van der Waals surface area contributed by atoms with Gasteiger partial charge in [-0.25, -0.2) is 4.68 Å². The number of benzene rings is 1. The Labute approximate surface area is 99.0 Å². The smallest absolute Gasteiger partial charge is 0.364 e. The number of halogens is 3. The topological polar surface area (TPSA) is 73.8 Å². The summed E-state index contributed by atoms with van der Waals surface area (Å²) in [5, 5.41) is 6.50. The van der Waals surface area contributed by atoms with E-state index in [4.69, 9.17) is 5.73 Å². The number of nitrogens with zero attached hydrogens (tertiary/aromatic N) is 3. The van der Waals surface area contributed by atoms with Gasteiger partial charge in [0.2, 0.25) is 0 Å². The zero-order valence-corrected chi connectivity index (χ0v) is 8.85. The highest BCUT2D eigenvalue weighted by molar-refractivity contribution is 5.92. The van der Waals surface area contributed by atoms with Crippen LogP contribution in [0.3, 0.4) is 0 Å². The minimum Gasteiger partial charge on any atom is -0.364 e. The number of carbonyl (C=O) groups excluding carboxylic acids is 1. The lowest BCUT2D eigenvalue weighted by Gasteiger charge is -2.09. The van der Waals surface area contributed by atoms with Gasteiger partial charge in [-0.15, -0.1) is 5.10 Å². The molecule has 8 heteroatoms. The standard InChI is InChI=1S/C10H7F3N4O/c11-10(12,13)8-7(9(14)18)15-16-17(8)6-4-2-1-3-5-6/h1-5H,(H2,14,18). The van der Waals surface area contributed by atoms with Crippen LogP contribution in [0.15, 0.2) is 30.3 Å². The second kappa shape index (κ2) is 4.13. The molecule has 0 saturated heterocycles. The van der Waals surface area contributed by atoms with Gasteiger partial charge in [0, 0.05) is 0 Å². The Morgan fingerprint density at radius 2 is 1.83 bits per heavy atom. The van der Waals surface area contributed by atoms with Crippen molar-refractivity contribution in [1.29, 1.82) is 0 Å². The molecule has 18 heavy (non-hydrogen) atoms. The number of rotatable bonds is 2. The first-order chi connectivity index (χ1) is 8.41. The van der Waals surface area contributed by atoms with Crippen molar-refractivity contribution >= 4 is 5.91 Å². The Morgan fingerprint density at radius 1 is 1.22 bits per heavy atom. The van der Waals surface area contributed by atoms with Gasteiger partial charge in [-0.2, -0.15) is 13.2 Å². The van der Waals surface area contributed by atoms with Gasteiger partial charge in [0.05, 0.1) is 5.69 Å². The molecule has 0 atom stereocenters. The second-order valence-electron chi connectivity index (χ2n) is 3.40. The van der Waals surface area contributed by atoms with Gasteiger partial charge in [0.1, 0.15) is 0 Å². The third-order valence-corrected chi connectivity index (χ3v) is 2.17. The molecule has 1 aromatic heterocycles. The van der Waals surface area contributed by atoms with E-state index in [0.29, 0.717) is 4.68 Å². The maximum atomic E-state index is 12.9. The molecule has 2 rings (SSSR count). The van der Waals surface area contributed by atoms with Crippen LogP contribution in [0.4, 0.5) is 13.2 Å². The highest BCUT2D eigenvalue weighted by Gasteiger charge is 2.41. The van der Waals surface area contributed by atoms with Gasteiger partial charge in [0.15, 0.2) is 11.4 Å². The molecule has 5 nitrogen and oxygen atoms in total. The molecule has 0 aliphatic rings. The number of hydrogen-bond donors (Lipinski definition) is 1. The van der Waals surface area contributed by atoms with E-state index in [-0.39, 0.29) is 5.69 Å². The number of carbonyl (C=O) groups is 1. The van der Waals surface area contributed by atoms with Crippen LogP contribution in [0.2, 0.25) is 0 Å². The van der Waals surface area contributed by atoms with Crippen molar-refractivity contribution < 1.29 is 18.0 Å². The Morgan fingerprint density at radius 3 is 2.33 bits per heavy atom. The number of nitrogens with two attached hydrogens (primary N) is 1. The van der Waals surface area contributed by atoms with Gasteiger partial charge < -0.3 is 5.73 Å². The highest BCUT2D eigenvalue weighted by Crippen LogP contribution is 2.32. The third kappa shape index (κ3) is 2.04. The largest absolute Gasteiger partial charge is 0.435 e. The summed E-state index contributed by atoms with van der Waals surface area (Å²) >= 11 is 0. The molecular weight excluding hydrogens is 249 g/mol. The number of amides is 1. The average molecular weight is 256 g/mol. The van der Waals surface area contributed by atoms with Crippen LogP contribution in [0.5, 0.6) is 0 Å². The summed E-state index contributed by atoms with van der Waals surface area (Å²) in [7, 11) is 0. The van der Waals surface area contributed by atoms with E-state index in [1.54, 1.807) is 18.2 Å². The van der Waals surface area contributed by atoms with Crippen molar-refractivity contribution in [3.05, 3.63) is 41.7 Å². The van der Waals surface area contributed by atoms with Gasteiger partial charge in [-0.3, -0.25) is 4.79 Å². The molecule has 0 spiro atoms. The summed E-state index contributed by atoms with van der Waals surface area (Å²) in [6.07, 6.45) is -4.77. The first-order valence-corrected chi connectivity index (χ1v) is 4.79. The maximum absolute atomic E-state index is 12.9. The molecule has 94 valence electrons. The fraction of sp³-hybridized carbons (Fsp3) is 0.100. The number of hydrogen-bond acceptors (Lipinski definition) is 3. The first kappa shape index (κ1) is 12.1. The second-order valence-corrected chi connectivity index (χ2v) is 3.40. The van der Waals surface area contributed by atoms with E-state index in [1.807, 2.05) is 0 Å². The average Bonchev–Trinajstić information content (AvgIpc) is 2.74. The fourth-order valence-corrected chi connectivity index (χ4v) is 1.45. The van der Waals surface area contributed by atoms with Crippen LogP contribution in [0.1, 0.15) is 16.2 Å². The molecule has 1 amide bonds. The van der Waals surface area contributed by atoms with Crippen LogP contribution in [-0.4, -0.2) is 20.9 Å². The quantitative estimate of drug-likeness (QED) is 0.882. The summed E-state index contributed by atoms with van der Waals surface area (Å²) in [5.41, 5.74) is 2.82. The van der Waals surface area contributed by atoms with Gasteiger partial charge in [-0.1, -0.05) is 23.4 Å². The number of aromatic nitrogens is 3. The number of para-hydroxylation sites is 1. The SMILES string of the molecule is NC(=O)c1nnn(-c2ccccc2)c1C(F)(F)F. The van der Waals surface area contributed by atoms with E-state index < -0.39 is 23.5 Å². The third-order valence-electron chi connectivity index (χ3n) is 2.17. The maximum Gasteiger partial charge on any atom is 0.435 e. The van der Waals surface area contributed by atoms with E-state index in [1.165, 1.54) is 12.1 Å². The van der Waals surface area contributed by atoms with E-state index in [2.05, 4.69) is 10.3 Å². The normalized spacial score (nSPS) is 11.5. The minimum absolute atomic E-state index is 0.143. The Hall–Kier alpha value is -2.38. The van der Waals surface area contributed by atoms with Crippen molar-refractivity contribution in [1.82, 2.24) is 15.0 Å². The summed E-state index contributed by atoms with van der Waals surface area (Å²) in [6.45, 7) is 0. The molecule has 0 aliphatic carbocycles. The summed E-state index contributed by atoms with van der Waals surface area (Å²) in [5.74, 6) is -1.27. The molecule has 0 aliphatic heterocycles. The zero-order valence-electron chi connectivity index (χ0n) is 8.85. The van der Waals surface area contributed by atoms with Crippen LogP contribution < -0.4 is 5.73 Å². The molecule has 2 aromatic rings. The Balaban J connectivity index is 2.67. The highest BCUT2D eigenvalue weighted by atomic mass is 19.4. The predicted molar refractivity (Wildman–Crippen MR) is 54.9 cm³/mol. The lowest BCUT2D eigenvalue weighted by molar-refractivity contribution is -0.143. The fourth-order valence-electron chi connectivity index (χ4n) is 1.45. The van der Waals surface area contributed by atoms with Crippen molar-refractivity contribution in [3.8, 4) is 5.69 Å². The molecule has 2 N–H and O–H groups in total. The zero-order chi connectivity index (χ0) is 13.3. The molecule has 0 saturated carbocycles. The molecule has 0 radical (unpaired) electrons. The Bertz CT molecular complexity index is 577. The van der Waals surface area contributed by atoms with Crippen LogP contribution in [-0.2, 0) is 6.18 Å². The summed E-state index contributed by atoms with van der Waals surface area (Å²) in [4.78, 5) is 10.9. The van der Waals surface area contributed by atoms with Crippen molar-refractivity contribution in [2.75, 3.05) is 0 Å². The first-order valence-electron chi connectivity index (χ1n) is 4.79. The monoisotopic (exact) mass is 256 g/mol. The van der Waals surface area contributed by atoms with Crippen LogP contribution in [0.25, 0.3) is 5.69 Å². The van der Waals surface area contributed by atoms with Gasteiger partial charge >= 0.3 is 6.18 Å². The Kier molecular flexibility index (Phi) is 2.77. The van der Waals surface area contributed by atoms with Gasteiger partial charge in [-0.05, 0) is 12.1 Å². The summed E-state index contributed by atoms with van der Waals surface area (Å²) < 4.78 is 39.2. The molecule has 0 bridgehead atoms. The van der Waals surface area contributed by atoms with Gasteiger partial charge in [0.25, 0.3) is 5.91 Å². The number of primary amides is 1. The lowest BCUT2D eigenvalue weighted by atomic mass is 10.2. The van der Waals surface area contributed by atoms with Crippen LogP contribution >= 0.6 is 0 Å². The van der Waals surface area contributed by atoms with Crippen molar-refractivity contribution in [2.24, 2.45) is 5.73 Å². The molecular formula is C10H7F3N4O. The molecule has 1 aromatic carbocycles. The lowest BCUT2D eigenvalue weighted by Crippen LogP contribution is -2.21. The van der Waals surface area contributed by atoms with E-state index >= 15 is 0 Å². The molecule has 0 unspecified atom stereocenters. The van der Waals surface area contributed by atoms with Crippen molar-refractivity contribution in [3.63, 3.8) is 0 Å². The summed E-state index contributed by atoms with van der Waals surface area (Å²) in [6, 6.07) is 7.55. The van der Waals surface area contributed by atoms with Crippen LogP contribution in [0, 0.1) is 0 Å². The molecule has 0 fully saturated rings. The van der Waals surface area contributed by atoms with E-state index in [0.717, 1.165) is 0 Å². The predicted octanol–water partition coefficient (Wildman–Crippen LogP) is 1.38. The number of alkyl halides is 3. The van der Waals surface area contributed by atoms with Crippen molar-refractivity contribution in [2.45, 2.75) is 6.18 Å².